The topological polar surface area (TPSA) is 61.6 Å². The van der Waals surface area contributed by atoms with Crippen molar-refractivity contribution in [1.82, 2.24) is 0 Å². The molecule has 0 radical (unpaired) electrons. The van der Waals surface area contributed by atoms with Crippen molar-refractivity contribution in [3.05, 3.63) is 0 Å². The lowest BCUT2D eigenvalue weighted by atomic mass is 9.96. The number of rotatable bonds is 4. The minimum Gasteiger partial charge on any atom is -0.465 e. The van der Waals surface area contributed by atoms with Gasteiger partial charge in [0.15, 0.2) is 0 Å². The van der Waals surface area contributed by atoms with Crippen molar-refractivity contribution >= 4 is 5.97 Å². The molecule has 2 fully saturated rings. The van der Waals surface area contributed by atoms with Crippen LogP contribution in [0.2, 0.25) is 0 Å². The molecule has 2 aliphatic rings. The van der Waals surface area contributed by atoms with Gasteiger partial charge in [-0.15, -0.1) is 0 Å². The molecule has 1 heterocycles. The Labute approximate surface area is 103 Å². The normalized spacial score (nSPS) is 30.4. The molecule has 1 aliphatic carbocycles. The molecule has 2 atom stereocenters. The average Bonchev–Trinajstić information content (AvgIpc) is 2.85. The zero-order valence-corrected chi connectivity index (χ0v) is 10.4. The molecular weight excluding hydrogens is 218 g/mol. The highest BCUT2D eigenvalue weighted by atomic mass is 16.5. The van der Waals surface area contributed by atoms with E-state index < -0.39 is 0 Å². The highest BCUT2D eigenvalue weighted by Crippen LogP contribution is 2.32. The van der Waals surface area contributed by atoms with Gasteiger partial charge in [-0.05, 0) is 44.1 Å². The molecule has 0 spiro atoms. The number of carbonyl (C=O) groups excluding carboxylic acids is 1. The van der Waals surface area contributed by atoms with Gasteiger partial charge in [-0.25, -0.2) is 0 Å². The molecular formula is C13H23NO3. The molecule has 1 saturated heterocycles. The standard InChI is InChI=1S/C13H23NO3/c14-8-11-2-1-3-12(11)13(15)17-9-10-4-6-16-7-5-10/h10-12H,1-9,14H2. The van der Waals surface area contributed by atoms with E-state index in [2.05, 4.69) is 0 Å². The molecule has 0 aromatic heterocycles. The number of nitrogens with two attached hydrogens (primary N) is 1. The molecule has 0 aromatic carbocycles. The van der Waals surface area contributed by atoms with Crippen molar-refractivity contribution in [2.45, 2.75) is 32.1 Å². The van der Waals surface area contributed by atoms with Crippen LogP contribution < -0.4 is 5.73 Å². The Kier molecular flexibility index (Phi) is 4.80. The van der Waals surface area contributed by atoms with E-state index in [-0.39, 0.29) is 11.9 Å². The third-order valence-corrected chi connectivity index (χ3v) is 4.07. The average molecular weight is 241 g/mol. The zero-order chi connectivity index (χ0) is 12.1. The third kappa shape index (κ3) is 3.42. The van der Waals surface area contributed by atoms with E-state index in [4.69, 9.17) is 15.2 Å². The molecule has 0 bridgehead atoms. The number of hydrogen-bond donors (Lipinski definition) is 1. The van der Waals surface area contributed by atoms with E-state index in [9.17, 15) is 4.79 Å². The fourth-order valence-corrected chi connectivity index (χ4v) is 2.85. The first-order valence-corrected chi connectivity index (χ1v) is 6.75. The molecule has 2 N–H and O–H groups in total. The van der Waals surface area contributed by atoms with E-state index in [0.29, 0.717) is 25.0 Å². The Morgan fingerprint density at radius 3 is 2.71 bits per heavy atom. The van der Waals surface area contributed by atoms with E-state index in [1.165, 1.54) is 0 Å². The predicted molar refractivity (Wildman–Crippen MR) is 64.4 cm³/mol. The van der Waals surface area contributed by atoms with Crippen LogP contribution in [0, 0.1) is 17.8 Å². The van der Waals surface area contributed by atoms with E-state index in [1.807, 2.05) is 0 Å². The lowest BCUT2D eigenvalue weighted by molar-refractivity contribution is -0.152. The maximum Gasteiger partial charge on any atom is 0.309 e. The van der Waals surface area contributed by atoms with Gasteiger partial charge in [-0.2, -0.15) is 0 Å². The first-order chi connectivity index (χ1) is 8.31. The largest absolute Gasteiger partial charge is 0.465 e. The highest BCUT2D eigenvalue weighted by Gasteiger charge is 2.33. The molecule has 1 aliphatic heterocycles. The van der Waals surface area contributed by atoms with Gasteiger partial charge in [0.2, 0.25) is 0 Å². The van der Waals surface area contributed by atoms with Gasteiger partial charge in [0.25, 0.3) is 0 Å². The van der Waals surface area contributed by atoms with E-state index in [0.717, 1.165) is 45.3 Å². The van der Waals surface area contributed by atoms with Gasteiger partial charge in [0, 0.05) is 13.2 Å². The van der Waals surface area contributed by atoms with Crippen molar-refractivity contribution in [2.24, 2.45) is 23.5 Å². The SMILES string of the molecule is NCC1CCCC1C(=O)OCC1CCOCC1. The van der Waals surface area contributed by atoms with Crippen molar-refractivity contribution < 1.29 is 14.3 Å². The Morgan fingerprint density at radius 1 is 1.24 bits per heavy atom. The van der Waals surface area contributed by atoms with Gasteiger partial charge in [-0.3, -0.25) is 4.79 Å². The first kappa shape index (κ1) is 12.8. The molecule has 98 valence electrons. The van der Waals surface area contributed by atoms with Gasteiger partial charge < -0.3 is 15.2 Å². The number of carbonyl (C=O) groups is 1. The van der Waals surface area contributed by atoms with E-state index in [1.54, 1.807) is 0 Å². The number of hydrogen-bond acceptors (Lipinski definition) is 4. The third-order valence-electron chi connectivity index (χ3n) is 4.07. The minimum absolute atomic E-state index is 0.0237. The summed E-state index contributed by atoms with van der Waals surface area (Å²) in [7, 11) is 0. The van der Waals surface area contributed by atoms with Crippen LogP contribution in [-0.2, 0) is 14.3 Å². The lowest BCUT2D eigenvalue weighted by Gasteiger charge is -2.23. The summed E-state index contributed by atoms with van der Waals surface area (Å²) < 4.78 is 10.7. The molecule has 4 nitrogen and oxygen atoms in total. The highest BCUT2D eigenvalue weighted by molar-refractivity contribution is 5.73. The molecule has 1 saturated carbocycles. The summed E-state index contributed by atoms with van der Waals surface area (Å²) >= 11 is 0. The molecule has 17 heavy (non-hydrogen) atoms. The van der Waals surface area contributed by atoms with Crippen LogP contribution in [0.25, 0.3) is 0 Å². The van der Waals surface area contributed by atoms with Crippen molar-refractivity contribution in [3.63, 3.8) is 0 Å². The molecule has 4 heteroatoms. The minimum atomic E-state index is -0.0237. The second kappa shape index (κ2) is 6.36. The van der Waals surface area contributed by atoms with Crippen molar-refractivity contribution in [3.8, 4) is 0 Å². The Morgan fingerprint density at radius 2 is 2.00 bits per heavy atom. The van der Waals surface area contributed by atoms with Crippen LogP contribution in [0.1, 0.15) is 32.1 Å². The van der Waals surface area contributed by atoms with Gasteiger partial charge in [0.05, 0.1) is 12.5 Å². The first-order valence-electron chi connectivity index (χ1n) is 6.75. The second-order valence-electron chi connectivity index (χ2n) is 5.22. The zero-order valence-electron chi connectivity index (χ0n) is 10.4. The summed E-state index contributed by atoms with van der Waals surface area (Å²) in [6, 6.07) is 0. The Balaban J connectivity index is 1.72. The van der Waals surface area contributed by atoms with Crippen LogP contribution in [0.4, 0.5) is 0 Å². The van der Waals surface area contributed by atoms with Crippen LogP contribution in [0.5, 0.6) is 0 Å². The molecule has 0 amide bonds. The van der Waals surface area contributed by atoms with Gasteiger partial charge in [-0.1, -0.05) is 6.42 Å². The van der Waals surface area contributed by atoms with E-state index >= 15 is 0 Å². The van der Waals surface area contributed by atoms with Crippen LogP contribution in [0.15, 0.2) is 0 Å². The number of ether oxygens (including phenoxy) is 2. The van der Waals surface area contributed by atoms with Crippen molar-refractivity contribution in [1.29, 1.82) is 0 Å². The fraction of sp³-hybridized carbons (Fsp3) is 0.923. The quantitative estimate of drug-likeness (QED) is 0.754. The lowest BCUT2D eigenvalue weighted by Crippen LogP contribution is -2.29. The monoisotopic (exact) mass is 241 g/mol. The summed E-state index contributed by atoms with van der Waals surface area (Å²) in [4.78, 5) is 11.9. The smallest absolute Gasteiger partial charge is 0.309 e. The maximum absolute atomic E-state index is 11.9. The number of esters is 1. The predicted octanol–water partition coefficient (Wildman–Crippen LogP) is 1.33. The summed E-state index contributed by atoms with van der Waals surface area (Å²) in [5.41, 5.74) is 5.68. The van der Waals surface area contributed by atoms with Gasteiger partial charge >= 0.3 is 5.97 Å². The Bertz CT molecular complexity index is 251. The van der Waals surface area contributed by atoms with Crippen LogP contribution in [-0.4, -0.2) is 32.3 Å². The van der Waals surface area contributed by atoms with Crippen molar-refractivity contribution in [2.75, 3.05) is 26.4 Å². The summed E-state index contributed by atoms with van der Waals surface area (Å²) in [5.74, 6) is 0.868. The summed E-state index contributed by atoms with van der Waals surface area (Å²) in [6.07, 6.45) is 5.16. The summed E-state index contributed by atoms with van der Waals surface area (Å²) in [5, 5.41) is 0. The fourth-order valence-electron chi connectivity index (χ4n) is 2.85. The van der Waals surface area contributed by atoms with Crippen LogP contribution in [0.3, 0.4) is 0 Å². The molecule has 2 unspecified atom stereocenters. The molecule has 0 aromatic rings. The summed E-state index contributed by atoms with van der Waals surface area (Å²) in [6.45, 7) is 2.78. The maximum atomic E-state index is 11.9. The van der Waals surface area contributed by atoms with Crippen LogP contribution >= 0.6 is 0 Å². The Hall–Kier alpha value is -0.610. The van der Waals surface area contributed by atoms with Gasteiger partial charge in [0.1, 0.15) is 0 Å². The molecule has 2 rings (SSSR count). The second-order valence-corrected chi connectivity index (χ2v) is 5.22.